The molecule has 0 aliphatic heterocycles. The van der Waals surface area contributed by atoms with Crippen LogP contribution in [0.15, 0.2) is 85.1 Å². The minimum Gasteiger partial charge on any atom is -0.481 e. The van der Waals surface area contributed by atoms with Gasteiger partial charge < -0.3 is 9.84 Å². The highest BCUT2D eigenvalue weighted by Gasteiger charge is 2.51. The molecule has 1 atom stereocenters. The van der Waals surface area contributed by atoms with E-state index in [-0.39, 0.29) is 0 Å². The first-order chi connectivity index (χ1) is 17.4. The summed E-state index contributed by atoms with van der Waals surface area (Å²) >= 11 is 6.17. The Hall–Kier alpha value is -4.10. The second kappa shape index (κ2) is 9.51. The van der Waals surface area contributed by atoms with Crippen LogP contribution in [0, 0.1) is 0 Å². The molecule has 1 fully saturated rings. The zero-order valence-corrected chi connectivity index (χ0v) is 20.3. The Morgan fingerprint density at radius 3 is 2.25 bits per heavy atom. The van der Waals surface area contributed by atoms with Crippen LogP contribution in [0.1, 0.15) is 37.0 Å². The smallest absolute Gasteiger partial charge is 0.413 e. The highest BCUT2D eigenvalue weighted by Crippen LogP contribution is 2.48. The van der Waals surface area contributed by atoms with E-state index in [4.69, 9.17) is 16.3 Å². The van der Waals surface area contributed by atoms with Gasteiger partial charge in [-0.25, -0.2) is 9.48 Å². The first-order valence-electron chi connectivity index (χ1n) is 11.6. The molecule has 0 spiro atoms. The van der Waals surface area contributed by atoms with Crippen molar-refractivity contribution in [3.05, 3.63) is 101 Å². The van der Waals surface area contributed by atoms with Crippen molar-refractivity contribution < 1.29 is 19.4 Å². The fourth-order valence-electron chi connectivity index (χ4n) is 4.24. The number of carbonyl (C=O) groups excluding carboxylic acids is 1. The van der Waals surface area contributed by atoms with Gasteiger partial charge in [0.1, 0.15) is 6.10 Å². The molecule has 7 nitrogen and oxygen atoms in total. The number of carboxylic acid groups (broad SMARTS) is 1. The zero-order chi connectivity index (χ0) is 25.3. The molecule has 4 aromatic rings. The fraction of sp³-hybridized carbons (Fsp3) is 0.179. The average molecular weight is 502 g/mol. The fourth-order valence-corrected chi connectivity index (χ4v) is 4.53. The molecular weight excluding hydrogens is 478 g/mol. The maximum absolute atomic E-state index is 12.3. The standard InChI is InChI=1S/C28H24ClN3O4/c1-18(23-4-2-3-5-24(23)29)36-27(35)30-25-14-17-32(31-25)22-12-8-20(9-13-22)19-6-10-21(11-7-19)28(15-16-28)26(33)34/h2-14,17-18H,15-16H2,1H3,(H,33,34)(H,30,31,35). The van der Waals surface area contributed by atoms with Crippen LogP contribution in [0.4, 0.5) is 10.6 Å². The minimum atomic E-state index is -0.754. The summed E-state index contributed by atoms with van der Waals surface area (Å²) in [6.45, 7) is 1.75. The van der Waals surface area contributed by atoms with Crippen LogP contribution in [-0.4, -0.2) is 26.9 Å². The Kier molecular flexibility index (Phi) is 6.24. The molecule has 182 valence electrons. The first-order valence-corrected chi connectivity index (χ1v) is 12.0. The predicted octanol–water partition coefficient (Wildman–Crippen LogP) is 6.62. The SMILES string of the molecule is CC(OC(=O)Nc1ccn(-c2ccc(-c3ccc(C4(C(=O)O)CC4)cc3)cc2)n1)c1ccccc1Cl. The Labute approximate surface area is 213 Å². The maximum atomic E-state index is 12.3. The van der Waals surface area contributed by atoms with Crippen molar-refractivity contribution in [2.45, 2.75) is 31.3 Å². The molecule has 8 heteroatoms. The van der Waals surface area contributed by atoms with Gasteiger partial charge in [-0.15, -0.1) is 5.10 Å². The lowest BCUT2D eigenvalue weighted by Gasteiger charge is -2.14. The number of carboxylic acids is 1. The Morgan fingerprint density at radius 2 is 1.64 bits per heavy atom. The number of carbonyl (C=O) groups is 2. The van der Waals surface area contributed by atoms with E-state index in [0.29, 0.717) is 23.7 Å². The van der Waals surface area contributed by atoms with Gasteiger partial charge >= 0.3 is 12.1 Å². The number of amides is 1. The van der Waals surface area contributed by atoms with Crippen molar-refractivity contribution >= 4 is 29.5 Å². The summed E-state index contributed by atoms with van der Waals surface area (Å²) in [5, 5.41) is 17.1. The Balaban J connectivity index is 1.22. The number of hydrogen-bond donors (Lipinski definition) is 2. The highest BCUT2D eigenvalue weighted by molar-refractivity contribution is 6.31. The minimum absolute atomic E-state index is 0.360. The number of nitrogens with zero attached hydrogens (tertiary/aromatic N) is 2. The molecule has 1 aromatic heterocycles. The summed E-state index contributed by atoms with van der Waals surface area (Å²) in [6, 6.07) is 24.4. The van der Waals surface area contributed by atoms with Gasteiger partial charge in [0, 0.05) is 22.8 Å². The number of halogens is 1. The molecule has 5 rings (SSSR count). The quantitative estimate of drug-likeness (QED) is 0.297. The Morgan fingerprint density at radius 1 is 1.00 bits per heavy atom. The van der Waals surface area contributed by atoms with Crippen molar-refractivity contribution in [3.63, 3.8) is 0 Å². The van der Waals surface area contributed by atoms with Crippen molar-refractivity contribution in [1.29, 1.82) is 0 Å². The molecule has 3 aromatic carbocycles. The largest absolute Gasteiger partial charge is 0.481 e. The third-order valence-electron chi connectivity index (χ3n) is 6.51. The van der Waals surface area contributed by atoms with Crippen molar-refractivity contribution in [2.75, 3.05) is 5.32 Å². The predicted molar refractivity (Wildman–Crippen MR) is 138 cm³/mol. The van der Waals surface area contributed by atoms with E-state index >= 15 is 0 Å². The van der Waals surface area contributed by atoms with E-state index in [1.807, 2.05) is 66.7 Å². The third kappa shape index (κ3) is 4.70. The average Bonchev–Trinajstić information content (AvgIpc) is 3.58. The van der Waals surface area contributed by atoms with Gasteiger partial charge in [-0.05, 0) is 54.7 Å². The number of nitrogens with one attached hydrogen (secondary N) is 1. The van der Waals surface area contributed by atoms with Gasteiger partial charge in [0.15, 0.2) is 5.82 Å². The van der Waals surface area contributed by atoms with Crippen LogP contribution < -0.4 is 5.32 Å². The van der Waals surface area contributed by atoms with Gasteiger partial charge in [-0.2, -0.15) is 0 Å². The summed E-state index contributed by atoms with van der Waals surface area (Å²) in [5.74, 6) is -0.394. The van der Waals surface area contributed by atoms with Gasteiger partial charge in [0.25, 0.3) is 0 Å². The first kappa shape index (κ1) is 23.6. The summed E-state index contributed by atoms with van der Waals surface area (Å²) in [6.07, 6.45) is 1.99. The number of benzene rings is 3. The molecule has 1 heterocycles. The lowest BCUT2D eigenvalue weighted by Crippen LogP contribution is -2.19. The van der Waals surface area contributed by atoms with Crippen LogP contribution in [0.3, 0.4) is 0 Å². The third-order valence-corrected chi connectivity index (χ3v) is 6.85. The molecule has 2 N–H and O–H groups in total. The number of aromatic nitrogens is 2. The van der Waals surface area contributed by atoms with E-state index in [2.05, 4.69) is 10.4 Å². The van der Waals surface area contributed by atoms with Crippen LogP contribution >= 0.6 is 11.6 Å². The van der Waals surface area contributed by atoms with Gasteiger partial charge in [-0.3, -0.25) is 10.1 Å². The number of hydrogen-bond acceptors (Lipinski definition) is 4. The van der Waals surface area contributed by atoms with Crippen molar-refractivity contribution in [1.82, 2.24) is 9.78 Å². The number of anilines is 1. The summed E-state index contributed by atoms with van der Waals surface area (Å²) in [5.41, 5.74) is 3.71. The van der Waals surface area contributed by atoms with E-state index in [9.17, 15) is 14.7 Å². The van der Waals surface area contributed by atoms with Crippen molar-refractivity contribution in [3.8, 4) is 16.8 Å². The summed E-state index contributed by atoms with van der Waals surface area (Å²) in [7, 11) is 0. The lowest BCUT2D eigenvalue weighted by molar-refractivity contribution is -0.140. The second-order valence-electron chi connectivity index (χ2n) is 8.85. The van der Waals surface area contributed by atoms with Crippen LogP contribution in [0.25, 0.3) is 16.8 Å². The summed E-state index contributed by atoms with van der Waals surface area (Å²) in [4.78, 5) is 23.9. The highest BCUT2D eigenvalue weighted by atomic mass is 35.5. The molecular formula is C28H24ClN3O4. The van der Waals surface area contributed by atoms with Gasteiger partial charge in [0.05, 0.1) is 11.1 Å². The molecule has 1 saturated carbocycles. The molecule has 1 amide bonds. The van der Waals surface area contributed by atoms with E-state index in [1.54, 1.807) is 29.9 Å². The van der Waals surface area contributed by atoms with Crippen LogP contribution in [0.5, 0.6) is 0 Å². The van der Waals surface area contributed by atoms with Crippen molar-refractivity contribution in [2.24, 2.45) is 0 Å². The molecule has 1 aliphatic rings. The van der Waals surface area contributed by atoms with Gasteiger partial charge in [-0.1, -0.05) is 66.2 Å². The van der Waals surface area contributed by atoms with Crippen LogP contribution in [0.2, 0.25) is 5.02 Å². The number of rotatable bonds is 7. The molecule has 1 unspecified atom stereocenters. The molecule has 0 bridgehead atoms. The number of aliphatic carboxylic acids is 1. The molecule has 0 radical (unpaired) electrons. The summed E-state index contributed by atoms with van der Waals surface area (Å²) < 4.78 is 7.09. The Bertz CT molecular complexity index is 1410. The topological polar surface area (TPSA) is 93.5 Å². The van der Waals surface area contributed by atoms with E-state index < -0.39 is 23.6 Å². The van der Waals surface area contributed by atoms with E-state index in [1.165, 1.54) is 0 Å². The normalized spacial score (nSPS) is 14.6. The monoisotopic (exact) mass is 501 g/mol. The molecule has 0 saturated heterocycles. The number of ether oxygens (including phenoxy) is 1. The van der Waals surface area contributed by atoms with Crippen LogP contribution in [-0.2, 0) is 14.9 Å². The lowest BCUT2D eigenvalue weighted by atomic mass is 9.94. The second-order valence-corrected chi connectivity index (χ2v) is 9.26. The molecule has 1 aliphatic carbocycles. The van der Waals surface area contributed by atoms with E-state index in [0.717, 1.165) is 27.9 Å². The van der Waals surface area contributed by atoms with Gasteiger partial charge in [0.2, 0.25) is 0 Å². The zero-order valence-electron chi connectivity index (χ0n) is 19.5. The maximum Gasteiger partial charge on any atom is 0.413 e. The molecule has 36 heavy (non-hydrogen) atoms.